The van der Waals surface area contributed by atoms with E-state index in [1.54, 1.807) is 10.7 Å². The van der Waals surface area contributed by atoms with Gasteiger partial charge in [0.1, 0.15) is 0 Å². The van der Waals surface area contributed by atoms with Crippen molar-refractivity contribution in [1.29, 1.82) is 5.26 Å². The molecule has 1 heterocycles. The van der Waals surface area contributed by atoms with Gasteiger partial charge in [0.25, 0.3) is 0 Å². The van der Waals surface area contributed by atoms with Crippen molar-refractivity contribution in [1.82, 2.24) is 9.78 Å². The number of nitrogens with zero attached hydrogens (tertiary/aromatic N) is 3. The van der Waals surface area contributed by atoms with Crippen molar-refractivity contribution in [3.8, 4) is 6.07 Å². The first kappa shape index (κ1) is 8.27. The maximum Gasteiger partial charge on any atom is 0.0999 e. The molecule has 0 aliphatic rings. The number of hydrogen-bond acceptors (Lipinski definition) is 2. The zero-order valence-corrected chi connectivity index (χ0v) is 8.54. The van der Waals surface area contributed by atoms with Crippen molar-refractivity contribution in [2.24, 2.45) is 7.05 Å². The lowest BCUT2D eigenvalue weighted by molar-refractivity contribution is 0.779. The summed E-state index contributed by atoms with van der Waals surface area (Å²) in [6.07, 6.45) is 1.85. The Hall–Kier alpha value is -1.34. The molecule has 0 bridgehead atoms. The van der Waals surface area contributed by atoms with Crippen molar-refractivity contribution in [3.63, 3.8) is 0 Å². The largest absolute Gasteiger partial charge is 0.275 e. The summed E-state index contributed by atoms with van der Waals surface area (Å²) >= 11 is 3.33. The minimum absolute atomic E-state index is 0.650. The van der Waals surface area contributed by atoms with Crippen LogP contribution in [0.15, 0.2) is 22.8 Å². The molecule has 64 valence electrons. The summed E-state index contributed by atoms with van der Waals surface area (Å²) in [6, 6.07) is 5.84. The molecule has 0 spiro atoms. The van der Waals surface area contributed by atoms with E-state index in [1.807, 2.05) is 19.3 Å². The lowest BCUT2D eigenvalue weighted by Crippen LogP contribution is -1.84. The van der Waals surface area contributed by atoms with Crippen LogP contribution in [0.4, 0.5) is 0 Å². The van der Waals surface area contributed by atoms with E-state index in [4.69, 9.17) is 5.26 Å². The number of benzene rings is 1. The van der Waals surface area contributed by atoms with Crippen molar-refractivity contribution >= 4 is 26.8 Å². The summed E-state index contributed by atoms with van der Waals surface area (Å²) in [5, 5.41) is 14.0. The molecule has 0 amide bonds. The average molecular weight is 236 g/mol. The Morgan fingerprint density at radius 2 is 2.31 bits per heavy atom. The predicted octanol–water partition coefficient (Wildman–Crippen LogP) is 2.21. The minimum Gasteiger partial charge on any atom is -0.275 e. The Morgan fingerprint density at radius 1 is 1.54 bits per heavy atom. The second kappa shape index (κ2) is 2.86. The molecular weight excluding hydrogens is 230 g/mol. The molecule has 0 atom stereocenters. The molecule has 0 radical (unpaired) electrons. The van der Waals surface area contributed by atoms with Crippen LogP contribution in [0, 0.1) is 11.3 Å². The standard InChI is InChI=1S/C9H6BrN3/c1-13-5-8-6(4-11)2-7(10)3-9(8)12-13/h2-3,5H,1H3. The van der Waals surface area contributed by atoms with Gasteiger partial charge in [0, 0.05) is 23.1 Å². The highest BCUT2D eigenvalue weighted by Crippen LogP contribution is 2.22. The van der Waals surface area contributed by atoms with Crippen molar-refractivity contribution in [2.45, 2.75) is 0 Å². The number of aryl methyl sites for hydroxylation is 1. The first-order valence-corrected chi connectivity index (χ1v) is 4.53. The number of halogens is 1. The third kappa shape index (κ3) is 1.31. The van der Waals surface area contributed by atoms with Gasteiger partial charge in [0.2, 0.25) is 0 Å². The van der Waals surface area contributed by atoms with Crippen LogP contribution in [0.1, 0.15) is 5.56 Å². The molecule has 1 aromatic carbocycles. The van der Waals surface area contributed by atoms with Gasteiger partial charge in [-0.15, -0.1) is 0 Å². The Labute approximate surface area is 83.7 Å². The molecule has 2 aromatic rings. The predicted molar refractivity (Wildman–Crippen MR) is 53.1 cm³/mol. The first-order chi connectivity index (χ1) is 6.20. The number of rotatable bonds is 0. The van der Waals surface area contributed by atoms with Crippen LogP contribution in [-0.2, 0) is 7.05 Å². The third-order valence-corrected chi connectivity index (χ3v) is 2.28. The first-order valence-electron chi connectivity index (χ1n) is 3.73. The number of nitriles is 1. The fraction of sp³-hybridized carbons (Fsp3) is 0.111. The minimum atomic E-state index is 0.650. The van der Waals surface area contributed by atoms with Crippen LogP contribution in [0.25, 0.3) is 10.9 Å². The van der Waals surface area contributed by atoms with Gasteiger partial charge in [-0.05, 0) is 12.1 Å². The van der Waals surface area contributed by atoms with E-state index in [0.29, 0.717) is 5.56 Å². The summed E-state index contributed by atoms with van der Waals surface area (Å²) in [6.45, 7) is 0. The van der Waals surface area contributed by atoms with Gasteiger partial charge in [-0.3, -0.25) is 4.68 Å². The topological polar surface area (TPSA) is 41.6 Å². The lowest BCUT2D eigenvalue weighted by atomic mass is 10.1. The molecule has 2 rings (SSSR count). The molecule has 0 N–H and O–H groups in total. The molecular formula is C9H6BrN3. The summed E-state index contributed by atoms with van der Waals surface area (Å²) in [5.74, 6) is 0. The van der Waals surface area contributed by atoms with Gasteiger partial charge in [-0.2, -0.15) is 10.4 Å². The smallest absolute Gasteiger partial charge is 0.0999 e. The van der Waals surface area contributed by atoms with Gasteiger partial charge in [0.15, 0.2) is 0 Å². The Bertz CT molecular complexity index is 507. The van der Waals surface area contributed by atoms with Crippen molar-refractivity contribution in [3.05, 3.63) is 28.4 Å². The summed E-state index contributed by atoms with van der Waals surface area (Å²) in [5.41, 5.74) is 1.49. The van der Waals surface area contributed by atoms with Crippen LogP contribution in [0.2, 0.25) is 0 Å². The van der Waals surface area contributed by atoms with Crippen LogP contribution >= 0.6 is 15.9 Å². The molecule has 0 saturated carbocycles. The van der Waals surface area contributed by atoms with E-state index < -0.39 is 0 Å². The average Bonchev–Trinajstić information content (AvgIpc) is 2.43. The SMILES string of the molecule is Cn1cc2c(C#N)cc(Br)cc2n1. The highest BCUT2D eigenvalue weighted by Gasteiger charge is 2.05. The summed E-state index contributed by atoms with van der Waals surface area (Å²) in [4.78, 5) is 0. The molecule has 4 heteroatoms. The van der Waals surface area contributed by atoms with Crippen LogP contribution < -0.4 is 0 Å². The highest BCUT2D eigenvalue weighted by molar-refractivity contribution is 9.10. The second-order valence-corrected chi connectivity index (χ2v) is 3.72. The molecule has 0 unspecified atom stereocenters. The van der Waals surface area contributed by atoms with E-state index in [1.165, 1.54) is 0 Å². The lowest BCUT2D eigenvalue weighted by Gasteiger charge is -1.92. The molecule has 0 fully saturated rings. The maximum atomic E-state index is 8.86. The zero-order chi connectivity index (χ0) is 9.42. The van der Waals surface area contributed by atoms with E-state index in [-0.39, 0.29) is 0 Å². The van der Waals surface area contributed by atoms with E-state index in [0.717, 1.165) is 15.4 Å². The third-order valence-electron chi connectivity index (χ3n) is 1.82. The van der Waals surface area contributed by atoms with Gasteiger partial charge in [-0.1, -0.05) is 15.9 Å². The quantitative estimate of drug-likeness (QED) is 0.703. The maximum absolute atomic E-state index is 8.86. The van der Waals surface area contributed by atoms with Crippen LogP contribution in [0.5, 0.6) is 0 Å². The molecule has 1 aromatic heterocycles. The summed E-state index contributed by atoms with van der Waals surface area (Å²) in [7, 11) is 1.84. The molecule has 3 nitrogen and oxygen atoms in total. The highest BCUT2D eigenvalue weighted by atomic mass is 79.9. The van der Waals surface area contributed by atoms with E-state index in [2.05, 4.69) is 27.1 Å². The van der Waals surface area contributed by atoms with E-state index >= 15 is 0 Å². The monoisotopic (exact) mass is 235 g/mol. The molecule has 0 aliphatic heterocycles. The zero-order valence-electron chi connectivity index (χ0n) is 6.95. The van der Waals surface area contributed by atoms with Crippen molar-refractivity contribution < 1.29 is 0 Å². The Morgan fingerprint density at radius 3 is 3.00 bits per heavy atom. The number of hydrogen-bond donors (Lipinski definition) is 0. The molecule has 13 heavy (non-hydrogen) atoms. The van der Waals surface area contributed by atoms with E-state index in [9.17, 15) is 0 Å². The Kier molecular flexibility index (Phi) is 1.82. The number of aromatic nitrogens is 2. The number of fused-ring (bicyclic) bond motifs is 1. The van der Waals surface area contributed by atoms with Gasteiger partial charge in [-0.25, -0.2) is 0 Å². The fourth-order valence-corrected chi connectivity index (χ4v) is 1.75. The van der Waals surface area contributed by atoms with Gasteiger partial charge < -0.3 is 0 Å². The molecule has 0 saturated heterocycles. The van der Waals surface area contributed by atoms with Crippen LogP contribution in [0.3, 0.4) is 0 Å². The van der Waals surface area contributed by atoms with Gasteiger partial charge >= 0.3 is 0 Å². The normalized spacial score (nSPS) is 10.2. The fourth-order valence-electron chi connectivity index (χ4n) is 1.30. The second-order valence-electron chi connectivity index (χ2n) is 2.80. The van der Waals surface area contributed by atoms with Crippen LogP contribution in [-0.4, -0.2) is 9.78 Å². The Balaban J connectivity index is 2.90. The van der Waals surface area contributed by atoms with Crippen molar-refractivity contribution in [2.75, 3.05) is 0 Å². The molecule has 0 aliphatic carbocycles. The van der Waals surface area contributed by atoms with Gasteiger partial charge in [0.05, 0.1) is 17.1 Å². The summed E-state index contributed by atoms with van der Waals surface area (Å²) < 4.78 is 2.59.